The van der Waals surface area contributed by atoms with Gasteiger partial charge in [0.25, 0.3) is 5.91 Å². The van der Waals surface area contributed by atoms with Gasteiger partial charge in [-0.15, -0.1) is 12.4 Å². The van der Waals surface area contributed by atoms with Crippen molar-refractivity contribution in [3.63, 3.8) is 0 Å². The molecule has 2 aromatic carbocycles. The fourth-order valence-electron chi connectivity index (χ4n) is 5.28. The van der Waals surface area contributed by atoms with Gasteiger partial charge in [0.15, 0.2) is 0 Å². The summed E-state index contributed by atoms with van der Waals surface area (Å²) in [5.74, 6) is -0.229. The Bertz CT molecular complexity index is 1190. The van der Waals surface area contributed by atoms with Crippen LogP contribution in [0.4, 0.5) is 11.4 Å². The minimum Gasteiger partial charge on any atom is -0.390 e. The lowest BCUT2D eigenvalue weighted by Gasteiger charge is -2.29. The van der Waals surface area contributed by atoms with Gasteiger partial charge < -0.3 is 21.1 Å². The molecule has 4 rings (SSSR count). The van der Waals surface area contributed by atoms with Crippen LogP contribution in [0.15, 0.2) is 48.5 Å². The first-order valence-corrected chi connectivity index (χ1v) is 15.5. The maximum Gasteiger partial charge on any atom is 0.251 e. The molecule has 1 amide bonds. The third-order valence-electron chi connectivity index (χ3n) is 7.55. The average Bonchev–Trinajstić information content (AvgIpc) is 3.67. The van der Waals surface area contributed by atoms with E-state index in [0.717, 1.165) is 37.7 Å². The van der Waals surface area contributed by atoms with Crippen LogP contribution < -0.4 is 20.3 Å². The molecule has 0 spiro atoms. The maximum atomic E-state index is 13.6. The summed E-state index contributed by atoms with van der Waals surface area (Å²) >= 11 is 0. The fourth-order valence-corrected chi connectivity index (χ4v) is 6.91. The quantitative estimate of drug-likeness (QED) is 0.285. The van der Waals surface area contributed by atoms with Crippen molar-refractivity contribution >= 4 is 39.7 Å². The van der Waals surface area contributed by atoms with Crippen molar-refractivity contribution in [2.45, 2.75) is 76.5 Å². The second kappa shape index (κ2) is 13.8. The molecule has 1 aliphatic heterocycles. The van der Waals surface area contributed by atoms with Crippen LogP contribution in [0.1, 0.15) is 68.3 Å². The second-order valence-electron chi connectivity index (χ2n) is 10.6. The number of halogens is 1. The number of anilines is 2. The molecule has 39 heavy (non-hydrogen) atoms. The number of benzene rings is 2. The molecule has 0 radical (unpaired) electrons. The van der Waals surface area contributed by atoms with E-state index < -0.39 is 22.2 Å². The van der Waals surface area contributed by atoms with Crippen LogP contribution in [0.3, 0.4) is 0 Å². The lowest BCUT2D eigenvalue weighted by atomic mass is 9.99. The first-order chi connectivity index (χ1) is 18.2. The van der Waals surface area contributed by atoms with Gasteiger partial charge in [-0.25, -0.2) is 8.42 Å². The van der Waals surface area contributed by atoms with Gasteiger partial charge in [0.2, 0.25) is 10.0 Å². The smallest absolute Gasteiger partial charge is 0.251 e. The second-order valence-corrected chi connectivity index (χ2v) is 12.7. The Labute approximate surface area is 239 Å². The van der Waals surface area contributed by atoms with Gasteiger partial charge in [-0.05, 0) is 69.2 Å². The predicted molar refractivity (Wildman–Crippen MR) is 161 cm³/mol. The molecule has 0 unspecified atom stereocenters. The number of aliphatic hydroxyl groups excluding tert-OH is 1. The summed E-state index contributed by atoms with van der Waals surface area (Å²) in [6.45, 7) is 5.56. The van der Waals surface area contributed by atoms with Crippen LogP contribution in [-0.2, 0) is 16.4 Å². The van der Waals surface area contributed by atoms with E-state index in [0.29, 0.717) is 49.4 Å². The summed E-state index contributed by atoms with van der Waals surface area (Å²) in [4.78, 5) is 13.6. The number of sulfonamides is 1. The molecule has 4 N–H and O–H groups in total. The molecule has 2 aliphatic rings. The Morgan fingerprint density at radius 3 is 2.49 bits per heavy atom. The van der Waals surface area contributed by atoms with E-state index in [2.05, 4.69) is 22.9 Å². The van der Waals surface area contributed by atoms with E-state index >= 15 is 0 Å². The molecule has 0 bridgehead atoms. The van der Waals surface area contributed by atoms with E-state index in [-0.39, 0.29) is 29.6 Å². The molecular weight excluding hydrogens is 536 g/mol. The summed E-state index contributed by atoms with van der Waals surface area (Å²) in [5, 5.41) is 21.1. The molecule has 2 fully saturated rings. The Kier molecular flexibility index (Phi) is 11.1. The molecule has 0 aromatic heterocycles. The highest BCUT2D eigenvalue weighted by Gasteiger charge is 2.41. The SMILES string of the molecule is CCCC1(NC[C@@H](O)[C@H](Cc2ccccc2)NC(=O)c2cc(NCC)cc(N3CCCCS3(=O)=O)c2)CC1.Cl. The molecule has 1 saturated heterocycles. The Morgan fingerprint density at radius 2 is 1.85 bits per heavy atom. The molecule has 10 heteroatoms. The lowest BCUT2D eigenvalue weighted by molar-refractivity contribution is 0.0821. The third kappa shape index (κ3) is 8.33. The molecule has 216 valence electrons. The highest BCUT2D eigenvalue weighted by Crippen LogP contribution is 2.39. The Balaban J connectivity index is 0.00000420. The largest absolute Gasteiger partial charge is 0.390 e. The number of hydrogen-bond donors (Lipinski definition) is 4. The monoisotopic (exact) mass is 578 g/mol. The van der Waals surface area contributed by atoms with Crippen LogP contribution in [-0.4, -0.2) is 62.5 Å². The molecule has 1 aliphatic carbocycles. The van der Waals surface area contributed by atoms with Crippen molar-refractivity contribution in [2.24, 2.45) is 0 Å². The van der Waals surface area contributed by atoms with Crippen molar-refractivity contribution in [2.75, 3.05) is 35.0 Å². The maximum absolute atomic E-state index is 13.6. The molecular formula is C29H43ClN4O4S. The molecule has 8 nitrogen and oxygen atoms in total. The summed E-state index contributed by atoms with van der Waals surface area (Å²) in [6.07, 6.45) is 5.52. The standard InChI is InChI=1S/C29H42N4O4S.ClH/c1-3-12-29(13-14-29)31-21-27(34)26(17-22-10-6-5-7-11-22)32-28(35)23-18-24(30-4-2)20-25(19-23)33-15-8-9-16-38(33,36)37;/h5-7,10-11,18-20,26-27,30-31,34H,3-4,8-9,12-17,21H2,1-2H3,(H,32,35);1H/t26-,27+;/m0./s1. The van der Waals surface area contributed by atoms with Crippen molar-refractivity contribution in [3.8, 4) is 0 Å². The molecule has 2 aromatic rings. The number of carbonyl (C=O) groups is 1. The molecule has 1 heterocycles. The number of aliphatic hydroxyl groups is 1. The van der Waals surface area contributed by atoms with Crippen molar-refractivity contribution < 1.29 is 18.3 Å². The number of amides is 1. The van der Waals surface area contributed by atoms with Gasteiger partial charge in [0.05, 0.1) is 23.6 Å². The third-order valence-corrected chi connectivity index (χ3v) is 9.42. The van der Waals surface area contributed by atoms with E-state index in [1.54, 1.807) is 18.2 Å². The normalized spacial score (nSPS) is 18.9. The summed E-state index contributed by atoms with van der Waals surface area (Å²) in [7, 11) is -3.42. The van der Waals surface area contributed by atoms with E-state index in [1.807, 2.05) is 37.3 Å². The minimum atomic E-state index is -3.42. The van der Waals surface area contributed by atoms with Crippen LogP contribution in [0.25, 0.3) is 0 Å². The van der Waals surface area contributed by atoms with E-state index in [4.69, 9.17) is 0 Å². The average molecular weight is 579 g/mol. The zero-order valence-corrected chi connectivity index (χ0v) is 24.6. The van der Waals surface area contributed by atoms with Crippen molar-refractivity contribution in [1.29, 1.82) is 0 Å². The zero-order valence-electron chi connectivity index (χ0n) is 23.0. The van der Waals surface area contributed by atoms with Crippen LogP contribution in [0.5, 0.6) is 0 Å². The number of rotatable bonds is 13. The van der Waals surface area contributed by atoms with Gasteiger partial charge >= 0.3 is 0 Å². The van der Waals surface area contributed by atoms with Gasteiger partial charge in [-0.3, -0.25) is 9.10 Å². The van der Waals surface area contributed by atoms with Gasteiger partial charge in [-0.1, -0.05) is 43.7 Å². The van der Waals surface area contributed by atoms with E-state index in [9.17, 15) is 18.3 Å². The van der Waals surface area contributed by atoms with Crippen LogP contribution >= 0.6 is 12.4 Å². The Morgan fingerprint density at radius 1 is 1.10 bits per heavy atom. The highest BCUT2D eigenvalue weighted by atomic mass is 35.5. The number of β-amino-alcohol motifs (C(OH)–C–C–N with tert-alkyl or cyclic N) is 1. The van der Waals surface area contributed by atoms with Crippen molar-refractivity contribution in [3.05, 3.63) is 59.7 Å². The lowest BCUT2D eigenvalue weighted by Crippen LogP contribution is -2.50. The summed E-state index contributed by atoms with van der Waals surface area (Å²) < 4.78 is 27.0. The summed E-state index contributed by atoms with van der Waals surface area (Å²) in [5.41, 5.74) is 2.68. The van der Waals surface area contributed by atoms with Crippen LogP contribution in [0, 0.1) is 0 Å². The van der Waals surface area contributed by atoms with E-state index in [1.165, 1.54) is 4.31 Å². The highest BCUT2D eigenvalue weighted by molar-refractivity contribution is 7.92. The number of hydrogen-bond acceptors (Lipinski definition) is 6. The van der Waals surface area contributed by atoms with Gasteiger partial charge in [-0.2, -0.15) is 0 Å². The number of nitrogens with one attached hydrogen (secondary N) is 3. The Hall–Kier alpha value is -2.33. The molecule has 2 atom stereocenters. The first-order valence-electron chi connectivity index (χ1n) is 13.9. The van der Waals surface area contributed by atoms with Gasteiger partial charge in [0, 0.05) is 36.4 Å². The summed E-state index contributed by atoms with van der Waals surface area (Å²) in [6, 6.07) is 14.5. The predicted octanol–water partition coefficient (Wildman–Crippen LogP) is 4.09. The zero-order chi connectivity index (χ0) is 27.2. The number of nitrogens with zero attached hydrogens (tertiary/aromatic N) is 1. The topological polar surface area (TPSA) is 111 Å². The fraction of sp³-hybridized carbons (Fsp3) is 0.552. The number of carbonyl (C=O) groups excluding carboxylic acids is 1. The minimum absolute atomic E-state index is 0. The van der Waals surface area contributed by atoms with Crippen molar-refractivity contribution in [1.82, 2.24) is 10.6 Å². The van der Waals surface area contributed by atoms with Crippen LogP contribution in [0.2, 0.25) is 0 Å². The first kappa shape index (κ1) is 31.2. The molecule has 1 saturated carbocycles. The van der Waals surface area contributed by atoms with Gasteiger partial charge in [0.1, 0.15) is 0 Å².